The molecule has 4 rings (SSSR count). The molecule has 15 heteroatoms. The Labute approximate surface area is 179 Å². The smallest absolute Gasteiger partial charge is 0.293 e. The first-order valence-electron chi connectivity index (χ1n) is 9.44. The Morgan fingerprint density at radius 2 is 2.09 bits per heavy atom. The number of nitro groups is 1. The van der Waals surface area contributed by atoms with E-state index in [2.05, 4.69) is 40.7 Å². The van der Waals surface area contributed by atoms with Crippen molar-refractivity contribution < 1.29 is 19.1 Å². The van der Waals surface area contributed by atoms with Crippen molar-refractivity contribution in [1.82, 2.24) is 35.6 Å². The molecular formula is C17H18N10O5. The number of anilines is 1. The molecule has 0 atom stereocenters. The van der Waals surface area contributed by atoms with E-state index < -0.39 is 10.8 Å². The lowest BCUT2D eigenvalue weighted by atomic mass is 10.2. The molecule has 3 heterocycles. The molecule has 1 aliphatic rings. The average Bonchev–Trinajstić information content (AvgIpc) is 3.40. The van der Waals surface area contributed by atoms with E-state index in [9.17, 15) is 14.9 Å². The Morgan fingerprint density at radius 1 is 1.31 bits per heavy atom. The minimum Gasteiger partial charge on any atom is -0.379 e. The van der Waals surface area contributed by atoms with E-state index in [4.69, 9.17) is 10.5 Å². The van der Waals surface area contributed by atoms with Crippen LogP contribution in [0.1, 0.15) is 21.7 Å². The lowest BCUT2D eigenvalue weighted by molar-refractivity contribution is -0.385. The average molecular weight is 442 g/mol. The second kappa shape index (κ2) is 9.27. The standard InChI is InChI=1S/C17H18N10O5/c18-15-16(23-32-22-15)26-13(10-25-5-7-31-8-6-25)14(20-24-26)17(28)21-19-9-11-3-1-2-4-12(11)27(29)30/h1-4,9H,5-8,10H2,(H2,18,22)(H,21,28)/b19-9-. The van der Waals surface area contributed by atoms with E-state index in [0.717, 1.165) is 0 Å². The second-order valence-electron chi connectivity index (χ2n) is 6.67. The Hall–Kier alpha value is -4.24. The lowest BCUT2D eigenvalue weighted by Gasteiger charge is -2.26. The van der Waals surface area contributed by atoms with Gasteiger partial charge in [-0.3, -0.25) is 19.8 Å². The van der Waals surface area contributed by atoms with Gasteiger partial charge in [-0.2, -0.15) is 9.78 Å². The van der Waals surface area contributed by atoms with Crippen molar-refractivity contribution in [2.45, 2.75) is 6.54 Å². The fraction of sp³-hybridized carbons (Fsp3) is 0.294. The zero-order valence-electron chi connectivity index (χ0n) is 16.6. The topological polar surface area (TPSA) is 193 Å². The van der Waals surface area contributed by atoms with Crippen LogP contribution in [0.2, 0.25) is 0 Å². The number of nitrogens with one attached hydrogen (secondary N) is 1. The molecule has 0 unspecified atom stereocenters. The van der Waals surface area contributed by atoms with Crippen LogP contribution in [0.25, 0.3) is 5.82 Å². The van der Waals surface area contributed by atoms with Crippen molar-refractivity contribution in [3.8, 4) is 5.82 Å². The zero-order valence-corrected chi connectivity index (χ0v) is 16.6. The Morgan fingerprint density at radius 3 is 2.81 bits per heavy atom. The highest BCUT2D eigenvalue weighted by molar-refractivity contribution is 5.94. The number of ether oxygens (including phenoxy) is 1. The van der Waals surface area contributed by atoms with Crippen molar-refractivity contribution in [3.63, 3.8) is 0 Å². The molecule has 0 bridgehead atoms. The summed E-state index contributed by atoms with van der Waals surface area (Å²) in [4.78, 5) is 25.4. The molecule has 1 aromatic carbocycles. The van der Waals surface area contributed by atoms with Crippen LogP contribution in [0.5, 0.6) is 0 Å². The van der Waals surface area contributed by atoms with Gasteiger partial charge < -0.3 is 10.5 Å². The molecule has 0 saturated carbocycles. The van der Waals surface area contributed by atoms with E-state index in [1.54, 1.807) is 6.07 Å². The van der Waals surface area contributed by atoms with Crippen LogP contribution in [-0.2, 0) is 11.3 Å². The number of amides is 1. The number of rotatable bonds is 7. The van der Waals surface area contributed by atoms with Crippen LogP contribution in [0.15, 0.2) is 34.0 Å². The van der Waals surface area contributed by atoms with Gasteiger partial charge in [0.05, 0.1) is 35.6 Å². The van der Waals surface area contributed by atoms with Crippen molar-refractivity contribution >= 4 is 23.6 Å². The third kappa shape index (κ3) is 4.42. The third-order valence-electron chi connectivity index (χ3n) is 4.65. The molecular weight excluding hydrogens is 424 g/mol. The molecule has 0 spiro atoms. The summed E-state index contributed by atoms with van der Waals surface area (Å²) in [6.45, 7) is 2.70. The number of nitrogens with two attached hydrogens (primary N) is 1. The summed E-state index contributed by atoms with van der Waals surface area (Å²) in [7, 11) is 0. The molecule has 1 fully saturated rings. The number of carbonyl (C=O) groups is 1. The first-order valence-corrected chi connectivity index (χ1v) is 9.44. The number of nitrogens with zero attached hydrogens (tertiary/aromatic N) is 8. The predicted molar refractivity (Wildman–Crippen MR) is 108 cm³/mol. The highest BCUT2D eigenvalue weighted by Crippen LogP contribution is 2.18. The van der Waals surface area contributed by atoms with E-state index in [1.807, 2.05) is 0 Å². The molecule has 32 heavy (non-hydrogen) atoms. The summed E-state index contributed by atoms with van der Waals surface area (Å²) < 4.78 is 11.3. The molecule has 1 amide bonds. The fourth-order valence-electron chi connectivity index (χ4n) is 3.08. The van der Waals surface area contributed by atoms with Crippen molar-refractivity contribution in [2.24, 2.45) is 5.10 Å². The van der Waals surface area contributed by atoms with Gasteiger partial charge in [0.15, 0.2) is 5.69 Å². The Balaban J connectivity index is 1.58. The maximum absolute atomic E-state index is 12.8. The predicted octanol–water partition coefficient (Wildman–Crippen LogP) is -0.263. The number of morpholine rings is 1. The lowest BCUT2D eigenvalue weighted by Crippen LogP contribution is -2.37. The summed E-state index contributed by atoms with van der Waals surface area (Å²) in [5, 5.41) is 30.1. The number of hydrogen-bond donors (Lipinski definition) is 2. The molecule has 0 radical (unpaired) electrons. The van der Waals surface area contributed by atoms with Gasteiger partial charge in [-0.15, -0.1) is 5.10 Å². The van der Waals surface area contributed by atoms with Crippen LogP contribution in [-0.4, -0.2) is 73.6 Å². The number of nitro benzene ring substituents is 1. The number of aromatic nitrogens is 5. The number of hydrogen-bond acceptors (Lipinski definition) is 12. The van der Waals surface area contributed by atoms with Gasteiger partial charge in [0, 0.05) is 25.7 Å². The summed E-state index contributed by atoms with van der Waals surface area (Å²) in [5.74, 6) is -0.577. The highest BCUT2D eigenvalue weighted by atomic mass is 16.6. The van der Waals surface area contributed by atoms with Crippen molar-refractivity contribution in [2.75, 3.05) is 32.0 Å². The molecule has 3 N–H and O–H groups in total. The first kappa shape index (κ1) is 21.0. The van der Waals surface area contributed by atoms with Gasteiger partial charge in [0.25, 0.3) is 11.6 Å². The molecule has 166 valence electrons. The minimum absolute atomic E-state index is 0.0144. The van der Waals surface area contributed by atoms with E-state index in [1.165, 1.54) is 29.1 Å². The van der Waals surface area contributed by atoms with Crippen LogP contribution in [0, 0.1) is 10.1 Å². The molecule has 1 aliphatic heterocycles. The van der Waals surface area contributed by atoms with Gasteiger partial charge in [0.1, 0.15) is 0 Å². The van der Waals surface area contributed by atoms with Crippen LogP contribution >= 0.6 is 0 Å². The van der Waals surface area contributed by atoms with Crippen molar-refractivity contribution in [1.29, 1.82) is 0 Å². The summed E-state index contributed by atoms with van der Waals surface area (Å²) in [5.41, 5.74) is 8.57. The largest absolute Gasteiger partial charge is 0.379 e. The van der Waals surface area contributed by atoms with E-state index in [-0.39, 0.29) is 28.6 Å². The van der Waals surface area contributed by atoms with Crippen LogP contribution in [0.4, 0.5) is 11.5 Å². The van der Waals surface area contributed by atoms with Crippen LogP contribution < -0.4 is 11.2 Å². The first-order chi connectivity index (χ1) is 15.5. The van der Waals surface area contributed by atoms with E-state index >= 15 is 0 Å². The SMILES string of the molecule is Nc1nonc1-n1nnc(C(=O)N/N=C\c2ccccc2[N+](=O)[O-])c1CN1CCOCC1. The van der Waals surface area contributed by atoms with Crippen LogP contribution in [0.3, 0.4) is 0 Å². The molecule has 3 aromatic rings. The second-order valence-corrected chi connectivity index (χ2v) is 6.67. The monoisotopic (exact) mass is 442 g/mol. The highest BCUT2D eigenvalue weighted by Gasteiger charge is 2.26. The molecule has 0 aliphatic carbocycles. The number of nitrogen functional groups attached to an aromatic ring is 1. The number of hydrazone groups is 1. The minimum atomic E-state index is -0.663. The fourth-order valence-corrected chi connectivity index (χ4v) is 3.08. The zero-order chi connectivity index (χ0) is 22.5. The number of para-hydroxylation sites is 1. The molecule has 2 aromatic heterocycles. The quantitative estimate of drug-likeness (QED) is 0.278. The van der Waals surface area contributed by atoms with Gasteiger partial charge in [-0.25, -0.2) is 10.1 Å². The normalized spacial score (nSPS) is 14.6. The number of carbonyl (C=O) groups excluding carboxylic acids is 1. The van der Waals surface area contributed by atoms with Gasteiger partial charge in [-0.1, -0.05) is 17.3 Å². The van der Waals surface area contributed by atoms with Gasteiger partial charge in [0.2, 0.25) is 11.6 Å². The van der Waals surface area contributed by atoms with Gasteiger partial charge in [-0.05, 0) is 16.4 Å². The molecule has 15 nitrogen and oxygen atoms in total. The molecule has 1 saturated heterocycles. The number of benzene rings is 1. The van der Waals surface area contributed by atoms with Crippen molar-refractivity contribution in [3.05, 3.63) is 51.3 Å². The summed E-state index contributed by atoms with van der Waals surface area (Å²) >= 11 is 0. The summed E-state index contributed by atoms with van der Waals surface area (Å²) in [6.07, 6.45) is 1.18. The maximum Gasteiger partial charge on any atom is 0.293 e. The van der Waals surface area contributed by atoms with Gasteiger partial charge >= 0.3 is 0 Å². The van der Waals surface area contributed by atoms with E-state index in [0.29, 0.717) is 38.5 Å². The maximum atomic E-state index is 12.8. The Bertz CT molecular complexity index is 1150. The summed E-state index contributed by atoms with van der Waals surface area (Å²) in [6, 6.07) is 6.01. The Kier molecular flexibility index (Phi) is 6.09. The third-order valence-corrected chi connectivity index (χ3v) is 4.65.